The van der Waals surface area contributed by atoms with Crippen LogP contribution in [0.15, 0.2) is 12.1 Å². The zero-order valence-electron chi connectivity index (χ0n) is 10.9. The predicted molar refractivity (Wildman–Crippen MR) is 78.3 cm³/mol. The second-order valence-electron chi connectivity index (χ2n) is 4.05. The molecule has 0 atom stereocenters. The molecule has 21 heavy (non-hydrogen) atoms. The van der Waals surface area contributed by atoms with Gasteiger partial charge in [0.25, 0.3) is 0 Å². The van der Waals surface area contributed by atoms with Crippen LogP contribution >= 0.6 is 23.2 Å². The molecule has 0 aliphatic heterocycles. The molecule has 0 radical (unpaired) electrons. The first-order chi connectivity index (χ1) is 9.99. The molecule has 2 N–H and O–H groups in total. The highest BCUT2D eigenvalue weighted by Crippen LogP contribution is 2.28. The van der Waals surface area contributed by atoms with Crippen LogP contribution in [0, 0.1) is 11.6 Å². The van der Waals surface area contributed by atoms with E-state index in [1.54, 1.807) is 0 Å². The minimum absolute atomic E-state index is 0.000936. The zero-order chi connectivity index (χ0) is 15.4. The van der Waals surface area contributed by atoms with Gasteiger partial charge in [-0.25, -0.2) is 8.78 Å². The van der Waals surface area contributed by atoms with E-state index in [4.69, 9.17) is 23.2 Å². The van der Waals surface area contributed by atoms with E-state index in [2.05, 4.69) is 25.6 Å². The third kappa shape index (κ3) is 4.12. The Kier molecular flexibility index (Phi) is 5.08. The summed E-state index contributed by atoms with van der Waals surface area (Å²) in [5.74, 6) is -1.39. The van der Waals surface area contributed by atoms with Gasteiger partial charge in [0, 0.05) is 12.6 Å². The van der Waals surface area contributed by atoms with Crippen LogP contribution < -0.4 is 10.6 Å². The molecule has 2 rings (SSSR count). The summed E-state index contributed by atoms with van der Waals surface area (Å²) in [5.41, 5.74) is -0.137. The van der Waals surface area contributed by atoms with Gasteiger partial charge >= 0.3 is 0 Å². The van der Waals surface area contributed by atoms with Gasteiger partial charge in [-0.3, -0.25) is 0 Å². The number of rotatable bonds is 5. The van der Waals surface area contributed by atoms with Gasteiger partial charge in [0.05, 0.1) is 10.7 Å². The molecule has 9 heteroatoms. The van der Waals surface area contributed by atoms with Gasteiger partial charge in [0.2, 0.25) is 17.2 Å². The van der Waals surface area contributed by atoms with E-state index >= 15 is 0 Å². The van der Waals surface area contributed by atoms with Crippen LogP contribution in [-0.4, -0.2) is 21.5 Å². The lowest BCUT2D eigenvalue weighted by Crippen LogP contribution is -2.08. The average molecular weight is 334 g/mol. The van der Waals surface area contributed by atoms with Crippen LogP contribution in [0.3, 0.4) is 0 Å². The highest BCUT2D eigenvalue weighted by molar-refractivity contribution is 6.33. The van der Waals surface area contributed by atoms with Gasteiger partial charge < -0.3 is 10.6 Å². The quantitative estimate of drug-likeness (QED) is 0.865. The molecular weight excluding hydrogens is 323 g/mol. The first-order valence-corrected chi connectivity index (χ1v) is 6.82. The lowest BCUT2D eigenvalue weighted by Gasteiger charge is -2.10. The molecule has 1 aromatic carbocycles. The second-order valence-corrected chi connectivity index (χ2v) is 4.79. The number of nitrogens with one attached hydrogen (secondary N) is 2. The number of hydrogen-bond acceptors (Lipinski definition) is 5. The van der Waals surface area contributed by atoms with Crippen molar-refractivity contribution in [2.24, 2.45) is 0 Å². The van der Waals surface area contributed by atoms with Gasteiger partial charge in [0.1, 0.15) is 5.82 Å². The minimum Gasteiger partial charge on any atom is -0.354 e. The lowest BCUT2D eigenvalue weighted by molar-refractivity contribution is 0.586. The van der Waals surface area contributed by atoms with Crippen molar-refractivity contribution in [3.05, 3.63) is 34.1 Å². The van der Waals surface area contributed by atoms with Crippen molar-refractivity contribution >= 4 is 40.8 Å². The molecule has 5 nitrogen and oxygen atoms in total. The summed E-state index contributed by atoms with van der Waals surface area (Å²) in [6.45, 7) is 2.62. The minimum atomic E-state index is -0.861. The molecule has 2 aromatic rings. The van der Waals surface area contributed by atoms with Gasteiger partial charge in [-0.05, 0) is 24.1 Å². The number of halogens is 4. The molecule has 0 amide bonds. The van der Waals surface area contributed by atoms with Crippen molar-refractivity contribution in [1.29, 1.82) is 0 Å². The Balaban J connectivity index is 2.29. The number of anilines is 3. The highest BCUT2D eigenvalue weighted by atomic mass is 35.5. The summed E-state index contributed by atoms with van der Waals surface area (Å²) in [6, 6.07) is 1.68. The summed E-state index contributed by atoms with van der Waals surface area (Å²) in [6.07, 6.45) is 0.866. The van der Waals surface area contributed by atoms with Crippen molar-refractivity contribution in [2.45, 2.75) is 13.3 Å². The lowest BCUT2D eigenvalue weighted by atomic mass is 10.3. The van der Waals surface area contributed by atoms with E-state index in [0.717, 1.165) is 12.5 Å². The van der Waals surface area contributed by atoms with Gasteiger partial charge in [0.15, 0.2) is 5.82 Å². The van der Waals surface area contributed by atoms with E-state index < -0.39 is 11.6 Å². The van der Waals surface area contributed by atoms with Gasteiger partial charge in [-0.1, -0.05) is 18.5 Å². The molecule has 0 aliphatic carbocycles. The van der Waals surface area contributed by atoms with E-state index in [1.807, 2.05) is 6.92 Å². The molecule has 0 saturated carbocycles. The molecule has 0 saturated heterocycles. The van der Waals surface area contributed by atoms with Crippen LogP contribution in [0.25, 0.3) is 0 Å². The fourth-order valence-corrected chi connectivity index (χ4v) is 1.90. The smallest absolute Gasteiger partial charge is 0.233 e. The summed E-state index contributed by atoms with van der Waals surface area (Å²) in [5, 5.41) is 5.29. The molecule has 0 bridgehead atoms. The molecule has 0 fully saturated rings. The molecule has 1 aromatic heterocycles. The average Bonchev–Trinajstić information content (AvgIpc) is 2.40. The predicted octanol–water partition coefficient (Wildman–Crippen LogP) is 4.02. The first kappa shape index (κ1) is 15.7. The molecule has 1 heterocycles. The topological polar surface area (TPSA) is 62.7 Å². The Morgan fingerprint density at radius 2 is 1.81 bits per heavy atom. The number of hydrogen-bond donors (Lipinski definition) is 2. The summed E-state index contributed by atoms with van der Waals surface area (Å²) >= 11 is 11.6. The second kappa shape index (κ2) is 6.82. The van der Waals surface area contributed by atoms with Crippen molar-refractivity contribution in [1.82, 2.24) is 15.0 Å². The van der Waals surface area contributed by atoms with Crippen LogP contribution in [0.5, 0.6) is 0 Å². The molecule has 0 spiro atoms. The Bertz CT molecular complexity index is 631. The largest absolute Gasteiger partial charge is 0.354 e. The van der Waals surface area contributed by atoms with E-state index in [1.165, 1.54) is 0 Å². The highest BCUT2D eigenvalue weighted by Gasteiger charge is 2.13. The van der Waals surface area contributed by atoms with Crippen LogP contribution in [0.2, 0.25) is 10.3 Å². The summed E-state index contributed by atoms with van der Waals surface area (Å²) in [4.78, 5) is 11.7. The SMILES string of the molecule is CCCNc1nc(Cl)nc(Nc2c(F)cc(F)cc2Cl)n1. The maximum atomic E-state index is 13.7. The van der Waals surface area contributed by atoms with Crippen molar-refractivity contribution in [2.75, 3.05) is 17.2 Å². The van der Waals surface area contributed by atoms with E-state index in [0.29, 0.717) is 12.6 Å². The molecular formula is C12H11Cl2F2N5. The number of benzene rings is 1. The van der Waals surface area contributed by atoms with Crippen molar-refractivity contribution in [3.63, 3.8) is 0 Å². The van der Waals surface area contributed by atoms with Crippen LogP contribution in [0.1, 0.15) is 13.3 Å². The summed E-state index contributed by atoms with van der Waals surface area (Å²) in [7, 11) is 0. The fraction of sp³-hybridized carbons (Fsp3) is 0.250. The molecule has 112 valence electrons. The van der Waals surface area contributed by atoms with Crippen molar-refractivity contribution in [3.8, 4) is 0 Å². The standard InChI is InChI=1S/C12H11Cl2F2N5/c1-2-3-17-11-19-10(14)20-12(21-11)18-9-7(13)4-6(15)5-8(9)16/h4-5H,2-3H2,1H3,(H2,17,18,19,20,21). The Labute approximate surface area is 129 Å². The zero-order valence-corrected chi connectivity index (χ0v) is 12.4. The Morgan fingerprint density at radius 1 is 1.10 bits per heavy atom. The third-order valence-electron chi connectivity index (χ3n) is 2.38. The molecule has 0 unspecified atom stereocenters. The Morgan fingerprint density at radius 3 is 2.48 bits per heavy atom. The number of nitrogens with zero attached hydrogens (tertiary/aromatic N) is 3. The maximum absolute atomic E-state index is 13.7. The monoisotopic (exact) mass is 333 g/mol. The number of aromatic nitrogens is 3. The third-order valence-corrected chi connectivity index (χ3v) is 2.85. The molecule has 0 aliphatic rings. The van der Waals surface area contributed by atoms with Gasteiger partial charge in [-0.2, -0.15) is 15.0 Å². The van der Waals surface area contributed by atoms with E-state index in [9.17, 15) is 8.78 Å². The normalized spacial score (nSPS) is 10.5. The van der Waals surface area contributed by atoms with Crippen molar-refractivity contribution < 1.29 is 8.78 Å². The maximum Gasteiger partial charge on any atom is 0.233 e. The fourth-order valence-electron chi connectivity index (χ4n) is 1.50. The Hall–Kier alpha value is -1.73. The van der Waals surface area contributed by atoms with E-state index in [-0.39, 0.29) is 27.9 Å². The van der Waals surface area contributed by atoms with Crippen LogP contribution in [0.4, 0.5) is 26.4 Å². The van der Waals surface area contributed by atoms with Crippen LogP contribution in [-0.2, 0) is 0 Å². The summed E-state index contributed by atoms with van der Waals surface area (Å²) < 4.78 is 26.7. The van der Waals surface area contributed by atoms with Gasteiger partial charge in [-0.15, -0.1) is 0 Å². The first-order valence-electron chi connectivity index (χ1n) is 6.06.